The molecular weight excluding hydrogens is 296 g/mol. The summed E-state index contributed by atoms with van der Waals surface area (Å²) in [6.45, 7) is 5.94. The molecule has 0 spiro atoms. The third-order valence-electron chi connectivity index (χ3n) is 4.02. The van der Waals surface area contributed by atoms with E-state index >= 15 is 0 Å². The van der Waals surface area contributed by atoms with E-state index in [1.807, 2.05) is 6.07 Å². The topological polar surface area (TPSA) is 93.8 Å². The maximum absolute atomic E-state index is 12.0. The first-order valence-electron chi connectivity index (χ1n) is 7.82. The maximum atomic E-state index is 12.0. The molecule has 0 unspecified atom stereocenters. The summed E-state index contributed by atoms with van der Waals surface area (Å²) in [4.78, 5) is 12.0. The Labute approximate surface area is 137 Å². The predicted octanol–water partition coefficient (Wildman–Crippen LogP) is 3.13. The number of methoxy groups -OCH3 is 1. The highest BCUT2D eigenvalue weighted by Gasteiger charge is 2.44. The Balaban J connectivity index is 2.30. The minimum atomic E-state index is -0.615. The molecule has 23 heavy (non-hydrogen) atoms. The molecule has 128 valence electrons. The standard InChI is InChI=1S/C17H26N2O4/c1-16(2,3)23-15(21)19-12-9-11(10-13(22-4)14(12)20)17(5-6-17)7-8-18/h9-10,20H,5-8,18H2,1-4H3,(H,19,21). The summed E-state index contributed by atoms with van der Waals surface area (Å²) < 4.78 is 10.5. The number of anilines is 1. The van der Waals surface area contributed by atoms with Crippen LogP contribution in [0.5, 0.6) is 11.5 Å². The van der Waals surface area contributed by atoms with Crippen molar-refractivity contribution in [2.75, 3.05) is 19.0 Å². The molecule has 2 rings (SSSR count). The average Bonchev–Trinajstić information content (AvgIpc) is 3.20. The first-order valence-corrected chi connectivity index (χ1v) is 7.82. The summed E-state index contributed by atoms with van der Waals surface area (Å²) in [5, 5.41) is 12.9. The number of nitrogens with two attached hydrogens (primary N) is 1. The van der Waals surface area contributed by atoms with Crippen molar-refractivity contribution in [1.82, 2.24) is 0 Å². The van der Waals surface area contributed by atoms with Crippen molar-refractivity contribution in [3.63, 3.8) is 0 Å². The number of carbonyl (C=O) groups is 1. The van der Waals surface area contributed by atoms with Crippen molar-refractivity contribution in [3.05, 3.63) is 17.7 Å². The van der Waals surface area contributed by atoms with E-state index in [0.29, 0.717) is 12.3 Å². The third kappa shape index (κ3) is 4.07. The highest BCUT2D eigenvalue weighted by Crippen LogP contribution is 2.53. The van der Waals surface area contributed by atoms with E-state index in [-0.39, 0.29) is 16.9 Å². The van der Waals surface area contributed by atoms with E-state index in [2.05, 4.69) is 5.32 Å². The van der Waals surface area contributed by atoms with Crippen molar-refractivity contribution in [2.24, 2.45) is 5.73 Å². The number of benzene rings is 1. The van der Waals surface area contributed by atoms with Gasteiger partial charge in [0.1, 0.15) is 5.60 Å². The van der Waals surface area contributed by atoms with Gasteiger partial charge in [-0.3, -0.25) is 5.32 Å². The van der Waals surface area contributed by atoms with E-state index in [1.54, 1.807) is 26.8 Å². The Bertz CT molecular complexity index is 589. The Morgan fingerprint density at radius 1 is 1.39 bits per heavy atom. The second kappa shape index (κ2) is 6.28. The van der Waals surface area contributed by atoms with Crippen LogP contribution in [-0.2, 0) is 10.2 Å². The van der Waals surface area contributed by atoms with E-state index in [9.17, 15) is 9.90 Å². The molecule has 0 aromatic heterocycles. The molecule has 0 radical (unpaired) electrons. The number of aromatic hydroxyl groups is 1. The van der Waals surface area contributed by atoms with Crippen LogP contribution >= 0.6 is 0 Å². The summed E-state index contributed by atoms with van der Waals surface area (Å²) in [7, 11) is 1.48. The molecular formula is C17H26N2O4. The Morgan fingerprint density at radius 3 is 2.52 bits per heavy atom. The molecule has 1 aromatic rings. The molecule has 1 amide bonds. The van der Waals surface area contributed by atoms with Gasteiger partial charge in [-0.2, -0.15) is 0 Å². The fraction of sp³-hybridized carbons (Fsp3) is 0.588. The maximum Gasteiger partial charge on any atom is 0.412 e. The lowest BCUT2D eigenvalue weighted by atomic mass is 9.91. The summed E-state index contributed by atoms with van der Waals surface area (Å²) in [6, 6.07) is 3.60. The number of ether oxygens (including phenoxy) is 2. The molecule has 1 aliphatic carbocycles. The van der Waals surface area contributed by atoms with Crippen LogP contribution in [0.2, 0.25) is 0 Å². The van der Waals surface area contributed by atoms with Gasteiger partial charge in [-0.1, -0.05) is 0 Å². The molecule has 0 heterocycles. The number of phenols is 1. The second-order valence-corrected chi connectivity index (χ2v) is 7.02. The van der Waals surface area contributed by atoms with Gasteiger partial charge in [-0.15, -0.1) is 0 Å². The van der Waals surface area contributed by atoms with Crippen LogP contribution in [0, 0.1) is 0 Å². The molecule has 1 aliphatic rings. The van der Waals surface area contributed by atoms with Gasteiger partial charge in [0, 0.05) is 0 Å². The fourth-order valence-corrected chi connectivity index (χ4v) is 2.69. The van der Waals surface area contributed by atoms with Gasteiger partial charge in [0.2, 0.25) is 0 Å². The summed E-state index contributed by atoms with van der Waals surface area (Å²) in [6.07, 6.45) is 2.34. The number of rotatable bonds is 5. The van der Waals surface area contributed by atoms with E-state index < -0.39 is 11.7 Å². The van der Waals surface area contributed by atoms with Crippen LogP contribution in [0.15, 0.2) is 12.1 Å². The van der Waals surface area contributed by atoms with Gasteiger partial charge in [-0.05, 0) is 69.7 Å². The lowest BCUT2D eigenvalue weighted by Crippen LogP contribution is -2.27. The number of hydrogen-bond acceptors (Lipinski definition) is 5. The normalized spacial score (nSPS) is 15.9. The number of nitrogens with one attached hydrogen (secondary N) is 1. The van der Waals surface area contributed by atoms with Crippen molar-refractivity contribution in [3.8, 4) is 11.5 Å². The minimum Gasteiger partial charge on any atom is -0.503 e. The van der Waals surface area contributed by atoms with Crippen molar-refractivity contribution in [1.29, 1.82) is 0 Å². The Kier molecular flexibility index (Phi) is 4.75. The van der Waals surface area contributed by atoms with Crippen LogP contribution in [-0.4, -0.2) is 30.5 Å². The predicted molar refractivity (Wildman–Crippen MR) is 89.1 cm³/mol. The molecule has 0 saturated heterocycles. The van der Waals surface area contributed by atoms with Gasteiger partial charge >= 0.3 is 6.09 Å². The smallest absolute Gasteiger partial charge is 0.412 e. The summed E-state index contributed by atoms with van der Waals surface area (Å²) >= 11 is 0. The highest BCUT2D eigenvalue weighted by molar-refractivity contribution is 5.88. The SMILES string of the molecule is COc1cc(C2(CCN)CC2)cc(NC(=O)OC(C)(C)C)c1O. The van der Waals surface area contributed by atoms with Crippen molar-refractivity contribution < 1.29 is 19.4 Å². The molecule has 1 fully saturated rings. The van der Waals surface area contributed by atoms with Gasteiger partial charge < -0.3 is 20.3 Å². The lowest BCUT2D eigenvalue weighted by Gasteiger charge is -2.22. The summed E-state index contributed by atoms with van der Waals surface area (Å²) in [5.74, 6) is 0.225. The van der Waals surface area contributed by atoms with Crippen LogP contribution in [0.3, 0.4) is 0 Å². The van der Waals surface area contributed by atoms with Crippen molar-refractivity contribution in [2.45, 2.75) is 51.0 Å². The zero-order valence-electron chi connectivity index (χ0n) is 14.2. The Morgan fingerprint density at radius 2 is 2.04 bits per heavy atom. The molecule has 0 bridgehead atoms. The average molecular weight is 322 g/mol. The Hall–Kier alpha value is -1.95. The zero-order chi connectivity index (χ0) is 17.3. The molecule has 1 saturated carbocycles. The quantitative estimate of drug-likeness (QED) is 0.724. The first kappa shape index (κ1) is 17.4. The number of hydrogen-bond donors (Lipinski definition) is 3. The van der Waals surface area contributed by atoms with Gasteiger partial charge in [0.05, 0.1) is 12.8 Å². The minimum absolute atomic E-state index is 0.0279. The lowest BCUT2D eigenvalue weighted by molar-refractivity contribution is 0.0635. The van der Waals surface area contributed by atoms with Crippen molar-refractivity contribution >= 4 is 11.8 Å². The third-order valence-corrected chi connectivity index (χ3v) is 4.02. The van der Waals surface area contributed by atoms with E-state index in [1.165, 1.54) is 7.11 Å². The molecule has 1 aromatic carbocycles. The molecule has 6 heteroatoms. The number of amides is 1. The number of phenolic OH excluding ortho intramolecular Hbond substituents is 1. The molecule has 4 N–H and O–H groups in total. The van der Waals surface area contributed by atoms with E-state index in [0.717, 1.165) is 24.8 Å². The summed E-state index contributed by atoms with van der Waals surface area (Å²) in [5.41, 5.74) is 6.43. The monoisotopic (exact) mass is 322 g/mol. The molecule has 0 atom stereocenters. The fourth-order valence-electron chi connectivity index (χ4n) is 2.69. The highest BCUT2D eigenvalue weighted by atomic mass is 16.6. The first-order chi connectivity index (χ1) is 10.7. The van der Waals surface area contributed by atoms with Gasteiger partial charge in [-0.25, -0.2) is 4.79 Å². The van der Waals surface area contributed by atoms with Crippen LogP contribution in [0.25, 0.3) is 0 Å². The van der Waals surface area contributed by atoms with Gasteiger partial charge in [0.15, 0.2) is 11.5 Å². The molecule has 6 nitrogen and oxygen atoms in total. The van der Waals surface area contributed by atoms with Crippen LogP contribution in [0.1, 0.15) is 45.6 Å². The van der Waals surface area contributed by atoms with E-state index in [4.69, 9.17) is 15.2 Å². The number of carbonyl (C=O) groups excluding carboxylic acids is 1. The largest absolute Gasteiger partial charge is 0.503 e. The second-order valence-electron chi connectivity index (χ2n) is 7.02. The van der Waals surface area contributed by atoms with Gasteiger partial charge in [0.25, 0.3) is 0 Å². The molecule has 0 aliphatic heterocycles. The zero-order valence-corrected chi connectivity index (χ0v) is 14.2. The van der Waals surface area contributed by atoms with Crippen LogP contribution < -0.4 is 15.8 Å². The van der Waals surface area contributed by atoms with Crippen LogP contribution in [0.4, 0.5) is 10.5 Å².